The summed E-state index contributed by atoms with van der Waals surface area (Å²) in [6, 6.07) is 11.4. The van der Waals surface area contributed by atoms with E-state index in [1.54, 1.807) is 49.5 Å². The van der Waals surface area contributed by atoms with E-state index in [1.807, 2.05) is 0 Å². The number of fused-ring (bicyclic) bond motifs is 1. The molecule has 4 aromatic rings. The molecule has 0 spiro atoms. The Balaban J connectivity index is 1.45. The number of hydrogen-bond donors (Lipinski definition) is 4. The number of hydrogen-bond acceptors (Lipinski definition) is 8. The molecule has 2 aromatic heterocycles. The van der Waals surface area contributed by atoms with Crippen LogP contribution in [0.15, 0.2) is 60.9 Å². The predicted octanol–water partition coefficient (Wildman–Crippen LogP) is 4.81. The van der Waals surface area contributed by atoms with Crippen LogP contribution in [0.5, 0.6) is 28.7 Å². The zero-order valence-corrected chi connectivity index (χ0v) is 19.7. The number of carbonyl (C=O) groups is 2. The lowest BCUT2D eigenvalue weighted by molar-refractivity contribution is 0.240. The highest BCUT2D eigenvalue weighted by atomic mass is 16.5. The van der Waals surface area contributed by atoms with E-state index in [9.17, 15) is 14.7 Å². The number of nitrogens with one attached hydrogen (secondary N) is 3. The number of methoxy groups -OCH3 is 2. The molecule has 0 aliphatic carbocycles. The molecule has 0 saturated heterocycles. The number of benzene rings is 2. The van der Waals surface area contributed by atoms with Gasteiger partial charge in [0.2, 0.25) is 0 Å². The molecule has 0 saturated carbocycles. The molecule has 0 atom stereocenters. The quantitative estimate of drug-likeness (QED) is 0.283. The van der Waals surface area contributed by atoms with Gasteiger partial charge < -0.3 is 24.6 Å². The van der Waals surface area contributed by atoms with E-state index in [4.69, 9.17) is 14.2 Å². The summed E-state index contributed by atoms with van der Waals surface area (Å²) < 4.78 is 16.6. The van der Waals surface area contributed by atoms with Gasteiger partial charge in [-0.1, -0.05) is 6.07 Å². The van der Waals surface area contributed by atoms with Gasteiger partial charge in [-0.2, -0.15) is 0 Å². The first-order valence-electron chi connectivity index (χ1n) is 10.7. The second-order valence-corrected chi connectivity index (χ2v) is 7.52. The summed E-state index contributed by atoms with van der Waals surface area (Å²) in [5.41, 5.74) is 1.44. The lowest BCUT2D eigenvalue weighted by atomic mass is 10.2. The summed E-state index contributed by atoms with van der Waals surface area (Å²) in [6.07, 6.45) is 3.10. The van der Waals surface area contributed by atoms with Crippen molar-refractivity contribution in [1.82, 2.24) is 15.3 Å². The highest BCUT2D eigenvalue weighted by Crippen LogP contribution is 2.38. The second kappa shape index (κ2) is 10.5. The maximum absolute atomic E-state index is 12.2. The maximum atomic E-state index is 12.2. The standard InChI is InChI=1S/C25H23N5O6/c1-14-5-4-9-27-23(14)29-25(33)30-24(32)28-17-7-6-15(11-19(17)31)36-20-8-10-26-18-13-22(35-3)21(34-2)12-16(18)20/h4-13,31H,1-3H3,(H3,27,28,29,30,32,33). The number of amides is 4. The van der Waals surface area contributed by atoms with Gasteiger partial charge in [0.05, 0.1) is 25.4 Å². The third-order valence-electron chi connectivity index (χ3n) is 5.12. The molecule has 11 heteroatoms. The number of phenolic OH excluding ortho intramolecular Hbond substituents is 1. The Hall–Kier alpha value is -5.06. The molecule has 11 nitrogen and oxygen atoms in total. The van der Waals surface area contributed by atoms with E-state index in [0.29, 0.717) is 39.7 Å². The fourth-order valence-electron chi connectivity index (χ4n) is 3.36. The van der Waals surface area contributed by atoms with Gasteiger partial charge in [-0.25, -0.2) is 14.6 Å². The van der Waals surface area contributed by atoms with Crippen LogP contribution in [0.1, 0.15) is 5.56 Å². The molecule has 0 bridgehead atoms. The highest BCUT2D eigenvalue weighted by Gasteiger charge is 2.14. The molecule has 4 N–H and O–H groups in total. The minimum atomic E-state index is -0.841. The summed E-state index contributed by atoms with van der Waals surface area (Å²) in [4.78, 5) is 32.6. The van der Waals surface area contributed by atoms with Crippen molar-refractivity contribution in [2.45, 2.75) is 6.92 Å². The number of nitrogens with zero attached hydrogens (tertiary/aromatic N) is 2. The smallest absolute Gasteiger partial charge is 0.328 e. The van der Waals surface area contributed by atoms with E-state index in [2.05, 4.69) is 25.9 Å². The second-order valence-electron chi connectivity index (χ2n) is 7.52. The molecule has 0 fully saturated rings. The monoisotopic (exact) mass is 489 g/mol. The topological polar surface area (TPSA) is 144 Å². The Labute approximate surface area is 206 Å². The lowest BCUT2D eigenvalue weighted by Gasteiger charge is -2.13. The molecule has 36 heavy (non-hydrogen) atoms. The SMILES string of the molecule is COc1cc2nccc(Oc3ccc(NC(=O)NC(=O)Nc4ncccc4C)c(O)c3)c2cc1OC. The lowest BCUT2D eigenvalue weighted by Crippen LogP contribution is -2.37. The first-order valence-corrected chi connectivity index (χ1v) is 10.7. The van der Waals surface area contributed by atoms with Crippen molar-refractivity contribution in [3.8, 4) is 28.7 Å². The van der Waals surface area contributed by atoms with E-state index in [1.165, 1.54) is 32.5 Å². The average molecular weight is 489 g/mol. The number of pyridine rings is 2. The zero-order valence-electron chi connectivity index (χ0n) is 19.7. The summed E-state index contributed by atoms with van der Waals surface area (Å²) >= 11 is 0. The number of carbonyl (C=O) groups excluding carboxylic acids is 2. The van der Waals surface area contributed by atoms with Crippen molar-refractivity contribution in [2.75, 3.05) is 24.9 Å². The predicted molar refractivity (Wildman–Crippen MR) is 133 cm³/mol. The van der Waals surface area contributed by atoms with Crippen LogP contribution < -0.4 is 30.2 Å². The molecule has 4 rings (SSSR count). The molecule has 0 unspecified atom stereocenters. The Morgan fingerprint density at radius 1 is 0.861 bits per heavy atom. The van der Waals surface area contributed by atoms with Crippen LogP contribution in [0.25, 0.3) is 10.9 Å². The minimum Gasteiger partial charge on any atom is -0.506 e. The summed E-state index contributed by atoms with van der Waals surface area (Å²) in [5, 5.41) is 18.1. The van der Waals surface area contributed by atoms with E-state index in [0.717, 1.165) is 5.56 Å². The van der Waals surface area contributed by atoms with Crippen molar-refractivity contribution < 1.29 is 28.9 Å². The molecule has 0 radical (unpaired) electrons. The van der Waals surface area contributed by atoms with Gasteiger partial charge in [-0.05, 0) is 42.8 Å². The van der Waals surface area contributed by atoms with Crippen molar-refractivity contribution >= 4 is 34.5 Å². The molecule has 2 heterocycles. The normalized spacial score (nSPS) is 10.4. The van der Waals surface area contributed by atoms with Crippen LogP contribution in [0, 0.1) is 6.92 Å². The van der Waals surface area contributed by atoms with Crippen molar-refractivity contribution in [2.24, 2.45) is 0 Å². The summed E-state index contributed by atoms with van der Waals surface area (Å²) in [5.74, 6) is 1.89. The van der Waals surface area contributed by atoms with Gasteiger partial charge in [0.25, 0.3) is 0 Å². The molecule has 4 amide bonds. The number of aromatic nitrogens is 2. The van der Waals surface area contributed by atoms with Gasteiger partial charge in [0, 0.05) is 29.9 Å². The summed E-state index contributed by atoms with van der Waals surface area (Å²) in [6.45, 7) is 1.77. The molecular formula is C25H23N5O6. The molecule has 184 valence electrons. The Morgan fingerprint density at radius 2 is 1.61 bits per heavy atom. The molecular weight excluding hydrogens is 466 g/mol. The van der Waals surface area contributed by atoms with Gasteiger partial charge in [-0.15, -0.1) is 0 Å². The number of anilines is 2. The number of aryl methyl sites for hydroxylation is 1. The van der Waals surface area contributed by atoms with Crippen LogP contribution in [-0.4, -0.2) is 41.4 Å². The largest absolute Gasteiger partial charge is 0.506 e. The third kappa shape index (κ3) is 5.36. The van der Waals surface area contributed by atoms with E-state index < -0.39 is 12.1 Å². The fraction of sp³-hybridized carbons (Fsp3) is 0.120. The van der Waals surface area contributed by atoms with Crippen molar-refractivity contribution in [3.63, 3.8) is 0 Å². The number of rotatable bonds is 6. The maximum Gasteiger partial charge on any atom is 0.328 e. The highest BCUT2D eigenvalue weighted by molar-refractivity contribution is 6.05. The first kappa shape index (κ1) is 24.1. The van der Waals surface area contributed by atoms with Crippen LogP contribution in [0.2, 0.25) is 0 Å². The Bertz CT molecular complexity index is 1440. The number of aromatic hydroxyl groups is 1. The summed E-state index contributed by atoms with van der Waals surface area (Å²) in [7, 11) is 3.07. The average Bonchev–Trinajstić information content (AvgIpc) is 2.86. The number of phenols is 1. The van der Waals surface area contributed by atoms with Gasteiger partial charge in [-0.3, -0.25) is 15.6 Å². The Morgan fingerprint density at radius 3 is 2.33 bits per heavy atom. The van der Waals surface area contributed by atoms with Gasteiger partial charge in [0.1, 0.15) is 23.1 Å². The van der Waals surface area contributed by atoms with E-state index >= 15 is 0 Å². The van der Waals surface area contributed by atoms with Crippen LogP contribution in [-0.2, 0) is 0 Å². The minimum absolute atomic E-state index is 0.0765. The van der Waals surface area contributed by atoms with E-state index in [-0.39, 0.29) is 11.4 Å². The van der Waals surface area contributed by atoms with Gasteiger partial charge in [0.15, 0.2) is 11.5 Å². The van der Waals surface area contributed by atoms with Crippen molar-refractivity contribution in [3.05, 3.63) is 66.5 Å². The number of ether oxygens (including phenoxy) is 3. The van der Waals surface area contributed by atoms with Crippen LogP contribution in [0.4, 0.5) is 21.1 Å². The fourth-order valence-corrected chi connectivity index (χ4v) is 3.36. The molecule has 0 aliphatic rings. The van der Waals surface area contributed by atoms with Crippen LogP contribution in [0.3, 0.4) is 0 Å². The zero-order chi connectivity index (χ0) is 25.7. The molecule has 0 aliphatic heterocycles. The van der Waals surface area contributed by atoms with Crippen LogP contribution >= 0.6 is 0 Å². The Kier molecular flexibility index (Phi) is 7.00. The first-order chi connectivity index (χ1) is 17.4. The molecule has 2 aromatic carbocycles. The number of imide groups is 1. The third-order valence-corrected chi connectivity index (χ3v) is 5.12. The van der Waals surface area contributed by atoms with Gasteiger partial charge >= 0.3 is 12.1 Å². The number of urea groups is 2. The van der Waals surface area contributed by atoms with Crippen molar-refractivity contribution in [1.29, 1.82) is 0 Å².